The molecule has 0 fully saturated rings. The van der Waals surface area contributed by atoms with Gasteiger partial charge in [0.25, 0.3) is 5.91 Å². The van der Waals surface area contributed by atoms with Crippen molar-refractivity contribution in [3.63, 3.8) is 0 Å². The number of hydroxylamine groups is 1. The molecule has 3 aromatic rings. The van der Waals surface area contributed by atoms with Crippen LogP contribution in [0, 0.1) is 0 Å². The zero-order valence-corrected chi connectivity index (χ0v) is 16.3. The first kappa shape index (κ1) is 17.6. The Balaban J connectivity index is 1.81. The fourth-order valence-electron chi connectivity index (χ4n) is 3.58. The van der Waals surface area contributed by atoms with E-state index in [1.54, 1.807) is 17.6 Å². The molecule has 7 heteroatoms. The summed E-state index contributed by atoms with van der Waals surface area (Å²) in [6, 6.07) is 13.4. The summed E-state index contributed by atoms with van der Waals surface area (Å²) in [5.74, 6) is 0.741. The summed E-state index contributed by atoms with van der Waals surface area (Å²) in [7, 11) is 0. The van der Waals surface area contributed by atoms with E-state index < -0.39 is 17.1 Å². The Morgan fingerprint density at radius 2 is 2.15 bits per heavy atom. The van der Waals surface area contributed by atoms with E-state index >= 15 is 0 Å². The number of amides is 1. The van der Waals surface area contributed by atoms with Crippen LogP contribution in [-0.4, -0.2) is 26.0 Å². The number of carbonyl (C=O) groups is 1. The predicted molar refractivity (Wildman–Crippen MR) is 105 cm³/mol. The molecule has 5 nitrogen and oxygen atoms in total. The third kappa shape index (κ3) is 3.16. The SMILES string of the molecule is O=C(NO)c1cccc(Cn2c3c(c4cc(Br)ccc42)C[S+]([O-])CC3)c1. The third-order valence-corrected chi connectivity index (χ3v) is 6.52. The van der Waals surface area contributed by atoms with Crippen molar-refractivity contribution in [3.05, 3.63) is 69.3 Å². The van der Waals surface area contributed by atoms with E-state index in [0.717, 1.165) is 32.9 Å². The van der Waals surface area contributed by atoms with Crippen LogP contribution in [0.1, 0.15) is 27.2 Å². The van der Waals surface area contributed by atoms with E-state index in [0.29, 0.717) is 23.6 Å². The standard InChI is InChI=1S/C19H17BrN2O3S/c20-14-4-5-17-15(9-14)16-11-26(25)7-6-18(16)22(17)10-12-2-1-3-13(8-12)19(23)21-24/h1-5,8-9,24H,6-7,10-11H2,(H,21,23). The summed E-state index contributed by atoms with van der Waals surface area (Å²) >= 11 is 2.71. The lowest BCUT2D eigenvalue weighted by molar-refractivity contribution is 0.0706. The van der Waals surface area contributed by atoms with Gasteiger partial charge in [0.1, 0.15) is 11.5 Å². The largest absolute Gasteiger partial charge is 0.616 e. The molecule has 1 atom stereocenters. The van der Waals surface area contributed by atoms with Gasteiger partial charge >= 0.3 is 0 Å². The number of benzene rings is 2. The molecule has 1 amide bonds. The Bertz CT molecular complexity index is 1000. The van der Waals surface area contributed by atoms with Crippen LogP contribution in [0.4, 0.5) is 0 Å². The fourth-order valence-corrected chi connectivity index (χ4v) is 5.15. The Hall–Kier alpha value is -1.80. The highest BCUT2D eigenvalue weighted by Gasteiger charge is 2.26. The number of rotatable bonds is 3. The molecule has 0 radical (unpaired) electrons. The lowest BCUT2D eigenvalue weighted by atomic mass is 10.1. The summed E-state index contributed by atoms with van der Waals surface area (Å²) < 4.78 is 15.4. The number of aromatic nitrogens is 1. The van der Waals surface area contributed by atoms with E-state index in [9.17, 15) is 9.35 Å². The molecule has 0 aliphatic carbocycles. The molecule has 1 aliphatic rings. The van der Waals surface area contributed by atoms with Gasteiger partial charge in [0.2, 0.25) is 0 Å². The highest BCUT2D eigenvalue weighted by Crippen LogP contribution is 2.34. The maximum Gasteiger partial charge on any atom is 0.274 e. The third-order valence-electron chi connectivity index (χ3n) is 4.75. The Morgan fingerprint density at radius 3 is 2.96 bits per heavy atom. The van der Waals surface area contributed by atoms with Gasteiger partial charge in [-0.15, -0.1) is 0 Å². The smallest absolute Gasteiger partial charge is 0.274 e. The first-order chi connectivity index (χ1) is 12.6. The van der Waals surface area contributed by atoms with Crippen LogP contribution in [0.25, 0.3) is 10.9 Å². The van der Waals surface area contributed by atoms with Gasteiger partial charge < -0.3 is 9.12 Å². The molecule has 4 rings (SSSR count). The number of hydrogen-bond donors (Lipinski definition) is 2. The van der Waals surface area contributed by atoms with Crippen molar-refractivity contribution in [2.45, 2.75) is 18.7 Å². The summed E-state index contributed by atoms with van der Waals surface area (Å²) in [4.78, 5) is 11.7. The number of fused-ring (bicyclic) bond motifs is 3. The second-order valence-electron chi connectivity index (χ2n) is 6.35. The van der Waals surface area contributed by atoms with Gasteiger partial charge in [-0.3, -0.25) is 10.0 Å². The zero-order valence-electron chi connectivity index (χ0n) is 13.9. The molecule has 0 bridgehead atoms. The molecule has 134 valence electrons. The lowest BCUT2D eigenvalue weighted by Gasteiger charge is -2.19. The van der Waals surface area contributed by atoms with Gasteiger partial charge in [-0.2, -0.15) is 0 Å². The van der Waals surface area contributed by atoms with Crippen molar-refractivity contribution in [1.29, 1.82) is 0 Å². The summed E-state index contributed by atoms with van der Waals surface area (Å²) in [5, 5.41) is 9.98. The lowest BCUT2D eigenvalue weighted by Crippen LogP contribution is -2.21. The monoisotopic (exact) mass is 432 g/mol. The van der Waals surface area contributed by atoms with Crippen molar-refractivity contribution >= 4 is 43.9 Å². The number of carbonyl (C=O) groups excluding carboxylic acids is 1. The van der Waals surface area contributed by atoms with Gasteiger partial charge in [-0.25, -0.2) is 5.48 Å². The highest BCUT2D eigenvalue weighted by atomic mass is 79.9. The van der Waals surface area contributed by atoms with Crippen LogP contribution in [0.2, 0.25) is 0 Å². The minimum Gasteiger partial charge on any atom is -0.616 e. The normalized spacial score (nSPS) is 16.5. The van der Waals surface area contributed by atoms with Crippen LogP contribution in [0.5, 0.6) is 0 Å². The van der Waals surface area contributed by atoms with Crippen LogP contribution in [0.3, 0.4) is 0 Å². The summed E-state index contributed by atoms with van der Waals surface area (Å²) in [6.45, 7) is 0.618. The molecule has 1 aromatic heterocycles. The van der Waals surface area contributed by atoms with Crippen LogP contribution >= 0.6 is 15.9 Å². The molecular formula is C19H17BrN2O3S. The Kier molecular flexibility index (Phi) is 4.79. The second-order valence-corrected chi connectivity index (χ2v) is 8.84. The predicted octanol–water partition coefficient (Wildman–Crippen LogP) is 3.38. The second kappa shape index (κ2) is 7.08. The summed E-state index contributed by atoms with van der Waals surface area (Å²) in [6.07, 6.45) is 0.783. The van der Waals surface area contributed by atoms with E-state index in [4.69, 9.17) is 5.21 Å². The van der Waals surface area contributed by atoms with Crippen molar-refractivity contribution in [3.8, 4) is 0 Å². The number of halogens is 1. The van der Waals surface area contributed by atoms with Crippen molar-refractivity contribution in [2.24, 2.45) is 0 Å². The first-order valence-electron chi connectivity index (χ1n) is 8.24. The number of nitrogens with zero attached hydrogens (tertiary/aromatic N) is 1. The first-order valence-corrected chi connectivity index (χ1v) is 10.5. The average Bonchev–Trinajstić information content (AvgIpc) is 2.93. The van der Waals surface area contributed by atoms with Gasteiger partial charge in [0.15, 0.2) is 0 Å². The average molecular weight is 433 g/mol. The van der Waals surface area contributed by atoms with Crippen LogP contribution in [0.15, 0.2) is 46.9 Å². The molecule has 2 N–H and O–H groups in total. The molecular weight excluding hydrogens is 416 g/mol. The maximum absolute atomic E-state index is 12.1. The van der Waals surface area contributed by atoms with E-state index in [-0.39, 0.29) is 0 Å². The fraction of sp³-hybridized carbons (Fsp3) is 0.211. The molecule has 0 saturated carbocycles. The van der Waals surface area contributed by atoms with Crippen molar-refractivity contribution in [1.82, 2.24) is 10.0 Å². The van der Waals surface area contributed by atoms with Crippen molar-refractivity contribution < 1.29 is 14.6 Å². The number of nitrogens with one attached hydrogen (secondary N) is 1. The van der Waals surface area contributed by atoms with Crippen LogP contribution in [-0.2, 0) is 29.9 Å². The Morgan fingerprint density at radius 1 is 1.31 bits per heavy atom. The maximum atomic E-state index is 12.1. The highest BCUT2D eigenvalue weighted by molar-refractivity contribution is 9.10. The Labute approximate surface area is 162 Å². The van der Waals surface area contributed by atoms with Crippen LogP contribution < -0.4 is 5.48 Å². The number of hydrogen-bond acceptors (Lipinski definition) is 3. The topological polar surface area (TPSA) is 77.3 Å². The van der Waals surface area contributed by atoms with E-state index in [1.807, 2.05) is 18.2 Å². The minimum absolute atomic E-state index is 0.416. The van der Waals surface area contributed by atoms with Gasteiger partial charge in [0.05, 0.1) is 0 Å². The molecule has 1 aliphatic heterocycles. The van der Waals surface area contributed by atoms with Gasteiger partial charge in [0, 0.05) is 45.2 Å². The van der Waals surface area contributed by atoms with Crippen molar-refractivity contribution in [2.75, 3.05) is 5.75 Å². The molecule has 2 aromatic carbocycles. The molecule has 0 saturated heterocycles. The zero-order chi connectivity index (χ0) is 18.3. The quantitative estimate of drug-likeness (QED) is 0.378. The summed E-state index contributed by atoms with van der Waals surface area (Å²) in [5.41, 5.74) is 6.55. The van der Waals surface area contributed by atoms with E-state index in [1.165, 1.54) is 5.69 Å². The van der Waals surface area contributed by atoms with Gasteiger partial charge in [-0.1, -0.05) is 28.1 Å². The molecule has 0 spiro atoms. The molecule has 26 heavy (non-hydrogen) atoms. The molecule has 1 unspecified atom stereocenters. The minimum atomic E-state index is -0.818. The van der Waals surface area contributed by atoms with E-state index in [2.05, 4.69) is 32.6 Å². The molecule has 2 heterocycles. The van der Waals surface area contributed by atoms with Gasteiger partial charge in [-0.05, 0) is 47.1 Å².